The number of hydrogen-bond acceptors (Lipinski definition) is 2. The van der Waals surface area contributed by atoms with Gasteiger partial charge in [0.2, 0.25) is 0 Å². The molecule has 0 bridgehead atoms. The summed E-state index contributed by atoms with van der Waals surface area (Å²) in [6, 6.07) is 6.38. The van der Waals surface area contributed by atoms with Gasteiger partial charge in [-0.25, -0.2) is 0 Å². The largest absolute Gasteiger partial charge is 0.494 e. The maximum atomic E-state index is 6.47. The van der Waals surface area contributed by atoms with Gasteiger partial charge in [-0.3, -0.25) is 0 Å². The van der Waals surface area contributed by atoms with E-state index >= 15 is 0 Å². The molecule has 1 aliphatic rings. The number of ether oxygens (including phenoxy) is 1. The molecule has 0 spiro atoms. The van der Waals surface area contributed by atoms with Gasteiger partial charge in [-0.15, -0.1) is 0 Å². The van der Waals surface area contributed by atoms with E-state index < -0.39 is 0 Å². The normalized spacial score (nSPS) is 17.4. The Morgan fingerprint density at radius 3 is 2.84 bits per heavy atom. The van der Waals surface area contributed by atoms with Crippen LogP contribution in [0.5, 0.6) is 5.75 Å². The monoisotopic (exact) mass is 258 g/mol. The fraction of sp³-hybridized carbons (Fsp3) is 0.500. The number of aryl methyl sites for hydroxylation is 1. The van der Waals surface area contributed by atoms with Crippen LogP contribution in [0.1, 0.15) is 43.5 Å². The lowest BCUT2D eigenvalue weighted by atomic mass is 9.77. The first-order valence-electron chi connectivity index (χ1n) is 7.21. The molecule has 19 heavy (non-hydrogen) atoms. The highest BCUT2D eigenvalue weighted by atomic mass is 16.5. The summed E-state index contributed by atoms with van der Waals surface area (Å²) in [5, 5.41) is 1.22. The summed E-state index contributed by atoms with van der Waals surface area (Å²) in [7, 11) is 0. The van der Waals surface area contributed by atoms with E-state index in [4.69, 9.17) is 10.5 Å². The molecule has 3 N–H and O–H groups in total. The van der Waals surface area contributed by atoms with Crippen LogP contribution in [0.3, 0.4) is 0 Å². The first-order chi connectivity index (χ1) is 9.20. The molecule has 1 fully saturated rings. The fourth-order valence-corrected chi connectivity index (χ4v) is 3.05. The molecule has 0 radical (unpaired) electrons. The van der Waals surface area contributed by atoms with Crippen LogP contribution in [0.2, 0.25) is 0 Å². The number of nitrogens with one attached hydrogen (secondary N) is 1. The van der Waals surface area contributed by atoms with Crippen LogP contribution in [-0.4, -0.2) is 11.6 Å². The van der Waals surface area contributed by atoms with Crippen LogP contribution in [0.15, 0.2) is 18.2 Å². The lowest BCUT2D eigenvalue weighted by molar-refractivity contribution is 0.265. The van der Waals surface area contributed by atoms with Gasteiger partial charge in [0.25, 0.3) is 0 Å². The molecule has 0 saturated heterocycles. The van der Waals surface area contributed by atoms with Crippen molar-refractivity contribution >= 4 is 10.9 Å². The van der Waals surface area contributed by atoms with Gasteiger partial charge in [-0.2, -0.15) is 0 Å². The van der Waals surface area contributed by atoms with Crippen LogP contribution in [0, 0.1) is 12.8 Å². The summed E-state index contributed by atoms with van der Waals surface area (Å²) in [5.41, 5.74) is 10.1. The predicted molar refractivity (Wildman–Crippen MR) is 78.5 cm³/mol. The molecule has 1 aromatic carbocycles. The average molecular weight is 258 g/mol. The molecule has 3 nitrogen and oxygen atoms in total. The van der Waals surface area contributed by atoms with Gasteiger partial charge in [0, 0.05) is 22.6 Å². The highest BCUT2D eigenvalue weighted by Crippen LogP contribution is 2.40. The zero-order valence-electron chi connectivity index (χ0n) is 11.7. The van der Waals surface area contributed by atoms with Crippen molar-refractivity contribution in [1.82, 2.24) is 4.98 Å². The summed E-state index contributed by atoms with van der Waals surface area (Å²) in [4.78, 5) is 3.44. The first kappa shape index (κ1) is 12.5. The van der Waals surface area contributed by atoms with Gasteiger partial charge >= 0.3 is 0 Å². The van der Waals surface area contributed by atoms with Crippen molar-refractivity contribution in [2.45, 2.75) is 39.2 Å². The number of aromatic amines is 1. The average Bonchev–Trinajstić information content (AvgIpc) is 2.62. The molecule has 1 aliphatic carbocycles. The van der Waals surface area contributed by atoms with E-state index in [0.29, 0.717) is 12.5 Å². The molecule has 102 valence electrons. The summed E-state index contributed by atoms with van der Waals surface area (Å²) < 4.78 is 5.60. The Balaban J connectivity index is 2.05. The maximum absolute atomic E-state index is 6.47. The molecule has 0 aliphatic heterocycles. The Labute approximate surface area is 114 Å². The van der Waals surface area contributed by atoms with Crippen LogP contribution in [-0.2, 0) is 0 Å². The lowest BCUT2D eigenvalue weighted by Gasteiger charge is -2.31. The number of hydrogen-bond donors (Lipinski definition) is 2. The van der Waals surface area contributed by atoms with Crippen molar-refractivity contribution in [3.63, 3.8) is 0 Å². The Kier molecular flexibility index (Phi) is 3.23. The molecule has 1 unspecified atom stereocenters. The maximum Gasteiger partial charge on any atom is 0.120 e. The van der Waals surface area contributed by atoms with Gasteiger partial charge in [-0.1, -0.05) is 6.42 Å². The third-order valence-corrected chi connectivity index (χ3v) is 4.31. The van der Waals surface area contributed by atoms with Gasteiger partial charge < -0.3 is 15.5 Å². The zero-order valence-corrected chi connectivity index (χ0v) is 11.7. The van der Waals surface area contributed by atoms with Crippen LogP contribution < -0.4 is 10.5 Å². The Morgan fingerprint density at radius 1 is 1.42 bits per heavy atom. The highest BCUT2D eigenvalue weighted by molar-refractivity contribution is 5.86. The number of rotatable bonds is 4. The molecule has 3 heteroatoms. The SMILES string of the molecule is CCOc1ccc2[nH]c(C)c(C(N)C3CCC3)c2c1. The van der Waals surface area contributed by atoms with Crippen LogP contribution >= 0.6 is 0 Å². The zero-order chi connectivity index (χ0) is 13.4. The third kappa shape index (κ3) is 2.12. The quantitative estimate of drug-likeness (QED) is 0.879. The van der Waals surface area contributed by atoms with Crippen molar-refractivity contribution in [2.75, 3.05) is 6.61 Å². The number of benzene rings is 1. The minimum atomic E-state index is 0.152. The molecule has 0 amide bonds. The second-order valence-electron chi connectivity index (χ2n) is 5.52. The third-order valence-electron chi connectivity index (χ3n) is 4.31. The number of nitrogens with two attached hydrogens (primary N) is 1. The highest BCUT2D eigenvalue weighted by Gasteiger charge is 2.28. The summed E-state index contributed by atoms with van der Waals surface area (Å²) >= 11 is 0. The minimum absolute atomic E-state index is 0.152. The topological polar surface area (TPSA) is 51.0 Å². The van der Waals surface area contributed by atoms with Crippen molar-refractivity contribution in [3.8, 4) is 5.75 Å². The molecule has 2 aromatic rings. The summed E-state index contributed by atoms with van der Waals surface area (Å²) in [5.74, 6) is 1.57. The second-order valence-corrected chi connectivity index (χ2v) is 5.52. The molecular formula is C16H22N2O. The van der Waals surface area contributed by atoms with Gasteiger partial charge in [0.05, 0.1) is 6.61 Å². The Hall–Kier alpha value is -1.48. The van der Waals surface area contributed by atoms with Crippen molar-refractivity contribution < 1.29 is 4.74 Å². The number of aromatic nitrogens is 1. The summed E-state index contributed by atoms with van der Waals surface area (Å²) in [6.45, 7) is 4.82. The Bertz CT molecular complexity index is 584. The van der Waals surface area contributed by atoms with Crippen molar-refractivity contribution in [1.29, 1.82) is 0 Å². The molecule has 3 rings (SSSR count). The lowest BCUT2D eigenvalue weighted by Crippen LogP contribution is -2.27. The van der Waals surface area contributed by atoms with E-state index in [-0.39, 0.29) is 6.04 Å². The molecule has 1 aromatic heterocycles. The van der Waals surface area contributed by atoms with Crippen LogP contribution in [0.4, 0.5) is 0 Å². The summed E-state index contributed by atoms with van der Waals surface area (Å²) in [6.07, 6.45) is 3.85. The second kappa shape index (κ2) is 4.89. The van der Waals surface area contributed by atoms with Gasteiger partial charge in [-0.05, 0) is 56.4 Å². The number of H-pyrrole nitrogens is 1. The minimum Gasteiger partial charge on any atom is -0.494 e. The molecule has 1 heterocycles. The van der Waals surface area contributed by atoms with Crippen LogP contribution in [0.25, 0.3) is 10.9 Å². The van der Waals surface area contributed by atoms with Crippen molar-refractivity contribution in [3.05, 3.63) is 29.5 Å². The number of fused-ring (bicyclic) bond motifs is 1. The first-order valence-corrected chi connectivity index (χ1v) is 7.21. The van der Waals surface area contributed by atoms with E-state index in [9.17, 15) is 0 Å². The van der Waals surface area contributed by atoms with E-state index in [1.54, 1.807) is 0 Å². The Morgan fingerprint density at radius 2 is 2.21 bits per heavy atom. The van der Waals surface area contributed by atoms with Gasteiger partial charge in [0.1, 0.15) is 5.75 Å². The van der Waals surface area contributed by atoms with E-state index in [0.717, 1.165) is 11.3 Å². The predicted octanol–water partition coefficient (Wildman–Crippen LogP) is 3.67. The molecule has 1 saturated carbocycles. The molecular weight excluding hydrogens is 236 g/mol. The van der Waals surface area contributed by atoms with Gasteiger partial charge in [0.15, 0.2) is 0 Å². The van der Waals surface area contributed by atoms with Crippen molar-refractivity contribution in [2.24, 2.45) is 11.7 Å². The fourth-order valence-electron chi connectivity index (χ4n) is 3.05. The molecule has 1 atom stereocenters. The standard InChI is InChI=1S/C16H22N2O/c1-3-19-12-7-8-14-13(9-12)15(10(2)18-14)16(17)11-5-4-6-11/h7-9,11,16,18H,3-6,17H2,1-2H3. The smallest absolute Gasteiger partial charge is 0.120 e. The van der Waals surface area contributed by atoms with E-state index in [1.807, 2.05) is 13.0 Å². The van der Waals surface area contributed by atoms with E-state index in [2.05, 4.69) is 24.0 Å². The van der Waals surface area contributed by atoms with E-state index in [1.165, 1.54) is 35.9 Å².